The molecule has 0 spiro atoms. The molecule has 5 heteroatoms. The van der Waals surface area contributed by atoms with Gasteiger partial charge in [0, 0.05) is 16.0 Å². The third-order valence-electron chi connectivity index (χ3n) is 3.58. The molecule has 0 radical (unpaired) electrons. The maximum atomic E-state index is 12.6. The van der Waals surface area contributed by atoms with Crippen molar-refractivity contribution in [3.8, 4) is 0 Å². The Labute approximate surface area is 135 Å². The summed E-state index contributed by atoms with van der Waals surface area (Å²) in [6, 6.07) is 13.6. The predicted molar refractivity (Wildman–Crippen MR) is 90.1 cm³/mol. The van der Waals surface area contributed by atoms with Gasteiger partial charge in [0.1, 0.15) is 0 Å². The Balaban J connectivity index is 2.17. The minimum atomic E-state index is -0.00214. The number of fused-ring (bicyclic) bond motifs is 1. The summed E-state index contributed by atoms with van der Waals surface area (Å²) in [5.41, 5.74) is 2.82. The molecule has 0 bridgehead atoms. The fourth-order valence-electron chi connectivity index (χ4n) is 2.55. The number of halogens is 2. The highest BCUT2D eigenvalue weighted by atomic mass is 79.9. The lowest BCUT2D eigenvalue weighted by Crippen LogP contribution is -2.24. The molecule has 0 atom stereocenters. The van der Waals surface area contributed by atoms with E-state index in [2.05, 4.69) is 15.9 Å². The molecule has 3 aromatic rings. The Kier molecular flexibility index (Phi) is 3.91. The summed E-state index contributed by atoms with van der Waals surface area (Å²) < 4.78 is 4.48. The van der Waals surface area contributed by atoms with Crippen LogP contribution in [0.15, 0.2) is 51.7 Å². The maximum absolute atomic E-state index is 12.6. The normalized spacial score (nSPS) is 11.2. The zero-order chi connectivity index (χ0) is 15.0. The molecule has 0 unspecified atom stereocenters. The van der Waals surface area contributed by atoms with Crippen molar-refractivity contribution in [1.82, 2.24) is 9.13 Å². The van der Waals surface area contributed by atoms with E-state index in [1.807, 2.05) is 49.4 Å². The molecule has 0 saturated carbocycles. The van der Waals surface area contributed by atoms with E-state index in [4.69, 9.17) is 11.6 Å². The number of para-hydroxylation sites is 2. The molecule has 0 N–H and O–H groups in total. The first-order valence-electron chi connectivity index (χ1n) is 6.74. The Morgan fingerprint density at radius 2 is 1.76 bits per heavy atom. The zero-order valence-corrected chi connectivity index (χ0v) is 13.9. The smallest absolute Gasteiger partial charge is 0.292 e. The monoisotopic (exact) mass is 364 g/mol. The van der Waals surface area contributed by atoms with Gasteiger partial charge in [-0.15, -0.1) is 0 Å². The number of benzene rings is 2. The number of nitrogens with zero attached hydrogens (tertiary/aromatic N) is 2. The van der Waals surface area contributed by atoms with Crippen LogP contribution in [0.3, 0.4) is 0 Å². The van der Waals surface area contributed by atoms with Crippen LogP contribution in [0.25, 0.3) is 11.0 Å². The van der Waals surface area contributed by atoms with Crippen LogP contribution >= 0.6 is 27.5 Å². The first kappa shape index (κ1) is 14.4. The second kappa shape index (κ2) is 5.70. The number of rotatable bonds is 3. The molecular weight excluding hydrogens is 352 g/mol. The summed E-state index contributed by atoms with van der Waals surface area (Å²) in [6.45, 7) is 3.10. The van der Waals surface area contributed by atoms with Gasteiger partial charge >= 0.3 is 5.69 Å². The lowest BCUT2D eigenvalue weighted by Gasteiger charge is -2.06. The fraction of sp³-hybridized carbons (Fsp3) is 0.188. The average molecular weight is 366 g/mol. The second-order valence-corrected chi connectivity index (χ2v) is 6.16. The van der Waals surface area contributed by atoms with Crippen molar-refractivity contribution in [2.75, 3.05) is 0 Å². The molecule has 2 aromatic carbocycles. The van der Waals surface area contributed by atoms with Gasteiger partial charge in [0.2, 0.25) is 0 Å². The highest BCUT2D eigenvalue weighted by Gasteiger charge is 2.13. The van der Waals surface area contributed by atoms with Gasteiger partial charge < -0.3 is 0 Å². The van der Waals surface area contributed by atoms with Crippen LogP contribution in [0.2, 0.25) is 5.02 Å². The molecule has 3 rings (SSSR count). The van der Waals surface area contributed by atoms with Crippen molar-refractivity contribution in [2.24, 2.45) is 0 Å². The third kappa shape index (κ3) is 2.54. The minimum absolute atomic E-state index is 0.00214. The Morgan fingerprint density at radius 1 is 1.10 bits per heavy atom. The molecule has 0 saturated heterocycles. The SMILES string of the molecule is CCn1c(=O)n(Cc2ccc(Br)cc2Cl)c2ccccc21. The van der Waals surface area contributed by atoms with Crippen LogP contribution < -0.4 is 5.69 Å². The average Bonchev–Trinajstić information content (AvgIpc) is 2.74. The highest BCUT2D eigenvalue weighted by molar-refractivity contribution is 9.10. The number of hydrogen-bond acceptors (Lipinski definition) is 1. The van der Waals surface area contributed by atoms with Gasteiger partial charge in [-0.3, -0.25) is 9.13 Å². The molecule has 1 heterocycles. The number of imidazole rings is 1. The second-order valence-electron chi connectivity index (χ2n) is 4.84. The van der Waals surface area contributed by atoms with E-state index in [9.17, 15) is 4.79 Å². The van der Waals surface area contributed by atoms with Gasteiger partial charge in [-0.05, 0) is 36.8 Å². The molecule has 0 fully saturated rings. The van der Waals surface area contributed by atoms with Crippen molar-refractivity contribution in [3.63, 3.8) is 0 Å². The van der Waals surface area contributed by atoms with Crippen LogP contribution in [0.4, 0.5) is 0 Å². The van der Waals surface area contributed by atoms with E-state index in [0.29, 0.717) is 18.1 Å². The number of aryl methyl sites for hydroxylation is 1. The topological polar surface area (TPSA) is 26.9 Å². The van der Waals surface area contributed by atoms with Crippen molar-refractivity contribution in [2.45, 2.75) is 20.0 Å². The van der Waals surface area contributed by atoms with E-state index in [0.717, 1.165) is 21.1 Å². The van der Waals surface area contributed by atoms with Gasteiger partial charge in [0.25, 0.3) is 0 Å². The summed E-state index contributed by atoms with van der Waals surface area (Å²) in [6.07, 6.45) is 0. The first-order valence-corrected chi connectivity index (χ1v) is 7.91. The Bertz CT molecular complexity index is 866. The number of hydrogen-bond donors (Lipinski definition) is 0. The van der Waals surface area contributed by atoms with Crippen molar-refractivity contribution < 1.29 is 0 Å². The quantitative estimate of drug-likeness (QED) is 0.680. The highest BCUT2D eigenvalue weighted by Crippen LogP contribution is 2.23. The maximum Gasteiger partial charge on any atom is 0.329 e. The lowest BCUT2D eigenvalue weighted by molar-refractivity contribution is 0.684. The summed E-state index contributed by atoms with van der Waals surface area (Å²) >= 11 is 9.67. The minimum Gasteiger partial charge on any atom is -0.292 e. The van der Waals surface area contributed by atoms with Crippen molar-refractivity contribution in [3.05, 3.63) is 68.0 Å². The molecule has 3 nitrogen and oxygen atoms in total. The Morgan fingerprint density at radius 3 is 2.38 bits per heavy atom. The fourth-order valence-corrected chi connectivity index (χ4v) is 3.28. The molecule has 1 aromatic heterocycles. The first-order chi connectivity index (χ1) is 10.1. The van der Waals surface area contributed by atoms with E-state index >= 15 is 0 Å². The van der Waals surface area contributed by atoms with Crippen molar-refractivity contribution in [1.29, 1.82) is 0 Å². The predicted octanol–water partition coefficient (Wildman–Crippen LogP) is 4.29. The summed E-state index contributed by atoms with van der Waals surface area (Å²) in [4.78, 5) is 12.6. The van der Waals surface area contributed by atoms with Gasteiger partial charge in [-0.25, -0.2) is 4.79 Å². The molecule has 0 aliphatic carbocycles. The molecule has 108 valence electrons. The summed E-state index contributed by atoms with van der Waals surface area (Å²) in [5, 5.41) is 0.657. The van der Waals surface area contributed by atoms with Crippen molar-refractivity contribution >= 4 is 38.6 Å². The van der Waals surface area contributed by atoms with Gasteiger partial charge in [0.05, 0.1) is 17.6 Å². The molecular formula is C16H14BrClN2O. The van der Waals surface area contributed by atoms with E-state index < -0.39 is 0 Å². The summed E-state index contributed by atoms with van der Waals surface area (Å²) in [5.74, 6) is 0. The van der Waals surface area contributed by atoms with Gasteiger partial charge in [-0.2, -0.15) is 0 Å². The lowest BCUT2D eigenvalue weighted by atomic mass is 10.2. The standard InChI is InChI=1S/C16H14BrClN2O/c1-2-19-14-5-3-4-6-15(14)20(16(19)21)10-11-7-8-12(17)9-13(11)18/h3-9H,2,10H2,1H3. The largest absolute Gasteiger partial charge is 0.329 e. The number of aromatic nitrogens is 2. The van der Waals surface area contributed by atoms with Crippen LogP contribution in [0.1, 0.15) is 12.5 Å². The van der Waals surface area contributed by atoms with E-state index in [-0.39, 0.29) is 5.69 Å². The van der Waals surface area contributed by atoms with Gasteiger partial charge in [-0.1, -0.05) is 45.7 Å². The third-order valence-corrected chi connectivity index (χ3v) is 4.43. The molecule has 0 amide bonds. The van der Waals surface area contributed by atoms with E-state index in [1.165, 1.54) is 0 Å². The van der Waals surface area contributed by atoms with Gasteiger partial charge in [0.15, 0.2) is 0 Å². The summed E-state index contributed by atoms with van der Waals surface area (Å²) in [7, 11) is 0. The van der Waals surface area contributed by atoms with Crippen LogP contribution in [-0.4, -0.2) is 9.13 Å². The van der Waals surface area contributed by atoms with Crippen LogP contribution in [0, 0.1) is 0 Å². The zero-order valence-electron chi connectivity index (χ0n) is 11.5. The van der Waals surface area contributed by atoms with E-state index in [1.54, 1.807) is 9.13 Å². The molecule has 0 aliphatic rings. The van der Waals surface area contributed by atoms with Crippen LogP contribution in [-0.2, 0) is 13.1 Å². The molecule has 0 aliphatic heterocycles. The van der Waals surface area contributed by atoms with Crippen LogP contribution in [0.5, 0.6) is 0 Å². The Hall–Kier alpha value is -1.52. The molecule has 21 heavy (non-hydrogen) atoms.